The molecule has 102 valence electrons. The highest BCUT2D eigenvalue weighted by Crippen LogP contribution is 2.30. The Labute approximate surface area is 106 Å². The maximum Gasteiger partial charge on any atom is 0.290 e. The highest BCUT2D eigenvalue weighted by atomic mass is 32.2. The Morgan fingerprint density at radius 1 is 1.44 bits per heavy atom. The Kier molecular flexibility index (Phi) is 2.84. The number of nitrogens with two attached hydrogens (primary N) is 1. The van der Waals surface area contributed by atoms with Crippen LogP contribution in [0.25, 0.3) is 0 Å². The molecule has 0 aromatic carbocycles. The lowest BCUT2D eigenvalue weighted by Gasteiger charge is -2.27. The van der Waals surface area contributed by atoms with Gasteiger partial charge in [0, 0.05) is 6.54 Å². The molecule has 1 aliphatic heterocycles. The number of hydrogen-bond donors (Lipinski definition) is 1. The van der Waals surface area contributed by atoms with Crippen molar-refractivity contribution in [2.45, 2.75) is 39.3 Å². The smallest absolute Gasteiger partial charge is 0.290 e. The molecule has 0 radical (unpaired) electrons. The van der Waals surface area contributed by atoms with Gasteiger partial charge in [-0.3, -0.25) is 9.48 Å². The minimum atomic E-state index is -3.06. The quantitative estimate of drug-likeness (QED) is 0.827. The van der Waals surface area contributed by atoms with Crippen molar-refractivity contribution >= 4 is 15.5 Å². The number of aromatic nitrogens is 2. The molecule has 1 atom stereocenters. The van der Waals surface area contributed by atoms with Crippen LogP contribution in [0.5, 0.6) is 0 Å². The molecule has 0 saturated carbocycles. The van der Waals surface area contributed by atoms with Gasteiger partial charge >= 0.3 is 0 Å². The van der Waals surface area contributed by atoms with Gasteiger partial charge in [0.1, 0.15) is 5.69 Å². The van der Waals surface area contributed by atoms with Crippen LogP contribution >= 0.6 is 0 Å². The third kappa shape index (κ3) is 1.77. The molecule has 0 amide bonds. The topological polar surface area (TPSA) is 87.1 Å². The second-order valence-corrected chi connectivity index (χ2v) is 7.35. The Bertz CT molecular complexity index is 641. The van der Waals surface area contributed by atoms with Gasteiger partial charge in [-0.1, -0.05) is 0 Å². The molecular formula is C11H19N3O3S. The van der Waals surface area contributed by atoms with E-state index in [1.807, 2.05) is 13.8 Å². The number of sulfone groups is 1. The molecule has 0 aliphatic carbocycles. The lowest BCUT2D eigenvalue weighted by Crippen LogP contribution is -2.42. The summed E-state index contributed by atoms with van der Waals surface area (Å²) in [6.07, 6.45) is 0.456. The average Bonchev–Trinajstić information content (AvgIpc) is 2.68. The van der Waals surface area contributed by atoms with Gasteiger partial charge in [-0.15, -0.1) is 0 Å². The van der Waals surface area contributed by atoms with Crippen LogP contribution in [-0.4, -0.2) is 29.3 Å². The minimum Gasteiger partial charge on any atom is -0.393 e. The molecule has 2 rings (SSSR count). The number of rotatable bonds is 2. The zero-order valence-corrected chi connectivity index (χ0v) is 11.7. The highest BCUT2D eigenvalue weighted by Gasteiger charge is 2.42. The molecule has 1 saturated heterocycles. The zero-order chi connectivity index (χ0) is 13.7. The molecule has 1 aromatic rings. The van der Waals surface area contributed by atoms with E-state index in [4.69, 9.17) is 5.73 Å². The predicted octanol–water partition coefficient (Wildman–Crippen LogP) is 0.0940. The monoisotopic (exact) mass is 273 g/mol. The first-order chi connectivity index (χ1) is 8.22. The first-order valence-electron chi connectivity index (χ1n) is 6.00. The molecule has 0 bridgehead atoms. The van der Waals surface area contributed by atoms with Crippen LogP contribution in [0.2, 0.25) is 0 Å². The largest absolute Gasteiger partial charge is 0.393 e. The molecular weight excluding hydrogens is 254 g/mol. The first-order valence-corrected chi connectivity index (χ1v) is 7.83. The molecule has 1 unspecified atom stereocenters. The zero-order valence-electron chi connectivity index (χ0n) is 10.9. The normalized spacial score (nSPS) is 26.6. The minimum absolute atomic E-state index is 0.00278. The number of hydrogen-bond acceptors (Lipinski definition) is 4. The Balaban J connectivity index is 2.66. The maximum absolute atomic E-state index is 12.2. The van der Waals surface area contributed by atoms with Gasteiger partial charge in [-0.25, -0.2) is 13.1 Å². The number of nitrogens with zero attached hydrogens (tertiary/aromatic N) is 2. The van der Waals surface area contributed by atoms with Gasteiger partial charge in [-0.05, 0) is 27.2 Å². The van der Waals surface area contributed by atoms with Gasteiger partial charge < -0.3 is 5.73 Å². The van der Waals surface area contributed by atoms with E-state index in [0.29, 0.717) is 18.7 Å². The summed E-state index contributed by atoms with van der Waals surface area (Å²) in [4.78, 5) is 12.2. The van der Waals surface area contributed by atoms with Gasteiger partial charge in [0.2, 0.25) is 0 Å². The van der Waals surface area contributed by atoms with Crippen molar-refractivity contribution < 1.29 is 8.42 Å². The van der Waals surface area contributed by atoms with Gasteiger partial charge in [0.25, 0.3) is 5.56 Å². The number of anilines is 1. The van der Waals surface area contributed by atoms with E-state index in [9.17, 15) is 13.2 Å². The predicted molar refractivity (Wildman–Crippen MR) is 70.4 cm³/mol. The van der Waals surface area contributed by atoms with Crippen molar-refractivity contribution in [2.24, 2.45) is 0 Å². The third-order valence-corrected chi connectivity index (χ3v) is 5.62. The third-order valence-electron chi connectivity index (χ3n) is 3.73. The van der Waals surface area contributed by atoms with Crippen LogP contribution < -0.4 is 11.3 Å². The molecule has 1 fully saturated rings. The van der Waals surface area contributed by atoms with Crippen molar-refractivity contribution in [1.82, 2.24) is 9.36 Å². The summed E-state index contributed by atoms with van der Waals surface area (Å²) >= 11 is 0. The van der Waals surface area contributed by atoms with E-state index in [1.165, 1.54) is 4.68 Å². The van der Waals surface area contributed by atoms with Crippen LogP contribution in [0.4, 0.5) is 5.69 Å². The van der Waals surface area contributed by atoms with E-state index < -0.39 is 15.4 Å². The molecule has 0 spiro atoms. The molecule has 6 nitrogen and oxygen atoms in total. The van der Waals surface area contributed by atoms with Crippen LogP contribution in [0, 0.1) is 6.92 Å². The van der Waals surface area contributed by atoms with Crippen LogP contribution in [0.1, 0.15) is 26.0 Å². The van der Waals surface area contributed by atoms with Crippen molar-refractivity contribution in [3.8, 4) is 0 Å². The summed E-state index contributed by atoms with van der Waals surface area (Å²) in [6.45, 7) is 6.09. The van der Waals surface area contributed by atoms with Crippen molar-refractivity contribution in [1.29, 1.82) is 0 Å². The van der Waals surface area contributed by atoms with E-state index >= 15 is 0 Å². The standard InChI is InChI=1S/C11H19N3O3S/c1-4-13-8(2)9(12)10(15)14(13)11(3)5-6-18(16,17)7-11/h4-7,12H2,1-3H3. The highest BCUT2D eigenvalue weighted by molar-refractivity contribution is 7.91. The Morgan fingerprint density at radius 2 is 2.06 bits per heavy atom. The molecule has 2 N–H and O–H groups in total. The van der Waals surface area contributed by atoms with Crippen LogP contribution in [0.3, 0.4) is 0 Å². The van der Waals surface area contributed by atoms with Gasteiger partial charge in [-0.2, -0.15) is 0 Å². The summed E-state index contributed by atoms with van der Waals surface area (Å²) in [7, 11) is -3.06. The van der Waals surface area contributed by atoms with Crippen molar-refractivity contribution in [3.05, 3.63) is 16.0 Å². The fraction of sp³-hybridized carbons (Fsp3) is 0.727. The lowest BCUT2D eigenvalue weighted by molar-refractivity contribution is 0.267. The van der Waals surface area contributed by atoms with Crippen LogP contribution in [-0.2, 0) is 21.9 Å². The average molecular weight is 273 g/mol. The Hall–Kier alpha value is -1.24. The fourth-order valence-corrected chi connectivity index (χ4v) is 4.85. The van der Waals surface area contributed by atoms with Gasteiger partial charge in [0.05, 0.1) is 22.7 Å². The van der Waals surface area contributed by atoms with E-state index in [2.05, 4.69) is 0 Å². The van der Waals surface area contributed by atoms with Gasteiger partial charge in [0.15, 0.2) is 9.84 Å². The SMILES string of the molecule is CCn1c(C)c(N)c(=O)n1C1(C)CCS(=O)(=O)C1. The summed E-state index contributed by atoms with van der Waals surface area (Å²) in [5, 5.41) is 0. The molecule has 18 heavy (non-hydrogen) atoms. The van der Waals surface area contributed by atoms with E-state index in [0.717, 1.165) is 0 Å². The second kappa shape index (κ2) is 3.88. The lowest BCUT2D eigenvalue weighted by atomic mass is 10.0. The summed E-state index contributed by atoms with van der Waals surface area (Å²) in [6, 6.07) is 0. The Morgan fingerprint density at radius 3 is 2.50 bits per heavy atom. The van der Waals surface area contributed by atoms with E-state index in [-0.39, 0.29) is 22.8 Å². The summed E-state index contributed by atoms with van der Waals surface area (Å²) < 4.78 is 26.6. The fourth-order valence-electron chi connectivity index (χ4n) is 2.74. The maximum atomic E-state index is 12.2. The molecule has 1 aromatic heterocycles. The second-order valence-electron chi connectivity index (χ2n) is 5.17. The van der Waals surface area contributed by atoms with Crippen LogP contribution in [0.15, 0.2) is 4.79 Å². The summed E-state index contributed by atoms with van der Waals surface area (Å²) in [5.74, 6) is 0.132. The first kappa shape index (κ1) is 13.2. The van der Waals surface area contributed by atoms with Crippen molar-refractivity contribution in [2.75, 3.05) is 17.2 Å². The van der Waals surface area contributed by atoms with Crippen molar-refractivity contribution in [3.63, 3.8) is 0 Å². The molecule has 7 heteroatoms. The summed E-state index contributed by atoms with van der Waals surface area (Å²) in [5.41, 5.74) is 5.71. The molecule has 1 aliphatic rings. The molecule has 2 heterocycles. The van der Waals surface area contributed by atoms with E-state index in [1.54, 1.807) is 11.6 Å². The number of nitrogen functional groups attached to an aromatic ring is 1.